The van der Waals surface area contributed by atoms with Crippen molar-refractivity contribution in [3.63, 3.8) is 0 Å². The molecule has 3 aromatic carbocycles. The third kappa shape index (κ3) is 7.73. The first-order chi connectivity index (χ1) is 16.0. The number of hydrogen-bond donors (Lipinski definition) is 2. The van der Waals surface area contributed by atoms with E-state index in [0.717, 1.165) is 12.8 Å². The van der Waals surface area contributed by atoms with Crippen LogP contribution in [0.25, 0.3) is 0 Å². The first kappa shape index (κ1) is 23.9. The average molecular weight is 463 g/mol. The molecule has 0 bridgehead atoms. The van der Waals surface area contributed by atoms with E-state index in [2.05, 4.69) is 22.8 Å². The Morgan fingerprint density at radius 2 is 1.52 bits per heavy atom. The lowest BCUT2D eigenvalue weighted by Crippen LogP contribution is -2.34. The number of thiocarbonyl (C=S) groups is 1. The van der Waals surface area contributed by atoms with Crippen LogP contribution in [0.1, 0.15) is 39.6 Å². The molecule has 0 aromatic heterocycles. The standard InChI is InChI=1S/C26H26N2O4S/c1-2-17-32-25(30)21-8-12-22(13-9-21)27-26(33)28-24(29)20-10-14-23(15-11-20)31-18-16-19-6-4-3-5-7-19/h3-15H,2,16-18H2,1H3,(H2,27,28,29,33). The number of esters is 1. The van der Waals surface area contributed by atoms with E-state index in [1.54, 1.807) is 48.5 Å². The summed E-state index contributed by atoms with van der Waals surface area (Å²) in [6.45, 7) is 2.87. The van der Waals surface area contributed by atoms with Crippen molar-refractivity contribution >= 4 is 34.9 Å². The van der Waals surface area contributed by atoms with Crippen LogP contribution in [0.4, 0.5) is 5.69 Å². The highest BCUT2D eigenvalue weighted by atomic mass is 32.1. The Morgan fingerprint density at radius 1 is 0.848 bits per heavy atom. The molecule has 7 heteroatoms. The summed E-state index contributed by atoms with van der Waals surface area (Å²) in [5.74, 6) is -0.00407. The molecule has 0 aliphatic heterocycles. The molecule has 3 aromatic rings. The maximum Gasteiger partial charge on any atom is 0.338 e. The van der Waals surface area contributed by atoms with Crippen LogP contribution in [0.5, 0.6) is 5.75 Å². The number of amides is 1. The Morgan fingerprint density at radius 3 is 2.18 bits per heavy atom. The number of carbonyl (C=O) groups excluding carboxylic acids is 2. The number of anilines is 1. The summed E-state index contributed by atoms with van der Waals surface area (Å²) in [6.07, 6.45) is 1.58. The third-order valence-electron chi connectivity index (χ3n) is 4.66. The van der Waals surface area contributed by atoms with E-state index in [-0.39, 0.29) is 17.0 Å². The van der Waals surface area contributed by atoms with Gasteiger partial charge in [-0.1, -0.05) is 37.3 Å². The molecule has 33 heavy (non-hydrogen) atoms. The van der Waals surface area contributed by atoms with Crippen molar-refractivity contribution in [2.24, 2.45) is 0 Å². The van der Waals surface area contributed by atoms with Gasteiger partial charge in [0.15, 0.2) is 5.11 Å². The maximum absolute atomic E-state index is 12.5. The van der Waals surface area contributed by atoms with Crippen molar-refractivity contribution in [2.75, 3.05) is 18.5 Å². The molecule has 6 nitrogen and oxygen atoms in total. The van der Waals surface area contributed by atoms with Crippen LogP contribution in [0.15, 0.2) is 78.9 Å². The molecule has 0 radical (unpaired) electrons. The number of benzene rings is 3. The van der Waals surface area contributed by atoms with Crippen LogP contribution < -0.4 is 15.4 Å². The topological polar surface area (TPSA) is 76.7 Å². The monoisotopic (exact) mass is 462 g/mol. The van der Waals surface area contributed by atoms with E-state index in [1.807, 2.05) is 25.1 Å². The minimum Gasteiger partial charge on any atom is -0.493 e. The molecular formula is C26H26N2O4S. The quantitative estimate of drug-likeness (QED) is 0.344. The largest absolute Gasteiger partial charge is 0.493 e. The number of ether oxygens (including phenoxy) is 2. The van der Waals surface area contributed by atoms with Gasteiger partial charge in [0.2, 0.25) is 0 Å². The van der Waals surface area contributed by atoms with E-state index in [0.29, 0.717) is 35.8 Å². The molecule has 0 saturated carbocycles. The summed E-state index contributed by atoms with van der Waals surface area (Å²) in [5.41, 5.74) is 2.77. The van der Waals surface area contributed by atoms with Crippen molar-refractivity contribution in [2.45, 2.75) is 19.8 Å². The molecule has 170 valence electrons. The number of rotatable bonds is 9. The van der Waals surface area contributed by atoms with Crippen LogP contribution >= 0.6 is 12.2 Å². The fourth-order valence-corrected chi connectivity index (χ4v) is 3.15. The summed E-state index contributed by atoms with van der Waals surface area (Å²) in [5, 5.41) is 5.73. The second-order valence-electron chi connectivity index (χ2n) is 7.23. The van der Waals surface area contributed by atoms with Crippen LogP contribution in [0, 0.1) is 0 Å². The molecular weight excluding hydrogens is 436 g/mol. The predicted octanol–water partition coefficient (Wildman–Crippen LogP) is 5.00. The second-order valence-corrected chi connectivity index (χ2v) is 7.64. The van der Waals surface area contributed by atoms with Gasteiger partial charge in [-0.3, -0.25) is 10.1 Å². The number of hydrogen-bond acceptors (Lipinski definition) is 5. The summed E-state index contributed by atoms with van der Waals surface area (Å²) in [7, 11) is 0. The first-order valence-electron chi connectivity index (χ1n) is 10.7. The summed E-state index contributed by atoms with van der Waals surface area (Å²) < 4.78 is 10.8. The lowest BCUT2D eigenvalue weighted by Gasteiger charge is -2.11. The van der Waals surface area contributed by atoms with Gasteiger partial charge in [0.25, 0.3) is 5.91 Å². The zero-order valence-corrected chi connectivity index (χ0v) is 19.2. The van der Waals surface area contributed by atoms with E-state index in [9.17, 15) is 9.59 Å². The van der Waals surface area contributed by atoms with E-state index in [1.165, 1.54) is 5.56 Å². The van der Waals surface area contributed by atoms with E-state index in [4.69, 9.17) is 21.7 Å². The fraction of sp³-hybridized carbons (Fsp3) is 0.192. The van der Waals surface area contributed by atoms with Gasteiger partial charge in [-0.2, -0.15) is 0 Å². The first-order valence-corrected chi connectivity index (χ1v) is 11.1. The molecule has 0 unspecified atom stereocenters. The number of carbonyl (C=O) groups is 2. The SMILES string of the molecule is CCCOC(=O)c1ccc(NC(=S)NC(=O)c2ccc(OCCc3ccccc3)cc2)cc1. The predicted molar refractivity (Wildman–Crippen MR) is 133 cm³/mol. The Hall–Kier alpha value is -3.71. The molecule has 0 atom stereocenters. The molecule has 0 spiro atoms. The Labute approximate surface area is 198 Å². The lowest BCUT2D eigenvalue weighted by molar-refractivity contribution is 0.0505. The van der Waals surface area contributed by atoms with Crippen molar-refractivity contribution < 1.29 is 19.1 Å². The summed E-state index contributed by atoms with van der Waals surface area (Å²) in [4.78, 5) is 24.3. The van der Waals surface area contributed by atoms with Gasteiger partial charge >= 0.3 is 5.97 Å². The van der Waals surface area contributed by atoms with Gasteiger partial charge in [-0.15, -0.1) is 0 Å². The van der Waals surface area contributed by atoms with Crippen LogP contribution in [0.3, 0.4) is 0 Å². The molecule has 0 heterocycles. The summed E-state index contributed by atoms with van der Waals surface area (Å²) >= 11 is 5.22. The zero-order chi connectivity index (χ0) is 23.5. The van der Waals surface area contributed by atoms with Gasteiger partial charge in [-0.05, 0) is 72.7 Å². The molecule has 2 N–H and O–H groups in total. The fourth-order valence-electron chi connectivity index (χ4n) is 2.94. The van der Waals surface area contributed by atoms with Crippen molar-refractivity contribution in [3.8, 4) is 5.75 Å². The van der Waals surface area contributed by atoms with Crippen molar-refractivity contribution in [1.29, 1.82) is 0 Å². The highest BCUT2D eigenvalue weighted by molar-refractivity contribution is 7.80. The smallest absolute Gasteiger partial charge is 0.338 e. The average Bonchev–Trinajstić information content (AvgIpc) is 2.84. The normalized spacial score (nSPS) is 10.2. The number of nitrogens with one attached hydrogen (secondary N) is 2. The highest BCUT2D eigenvalue weighted by Crippen LogP contribution is 2.14. The highest BCUT2D eigenvalue weighted by Gasteiger charge is 2.10. The van der Waals surface area contributed by atoms with E-state index >= 15 is 0 Å². The molecule has 0 saturated heterocycles. The van der Waals surface area contributed by atoms with Crippen molar-refractivity contribution in [1.82, 2.24) is 5.32 Å². The van der Waals surface area contributed by atoms with Crippen LogP contribution in [-0.4, -0.2) is 30.2 Å². The second kappa shape index (κ2) is 12.4. The van der Waals surface area contributed by atoms with Crippen LogP contribution in [0.2, 0.25) is 0 Å². The Kier molecular flexibility index (Phi) is 8.97. The minimum atomic E-state index is -0.369. The van der Waals surface area contributed by atoms with Gasteiger partial charge < -0.3 is 14.8 Å². The van der Waals surface area contributed by atoms with Gasteiger partial charge in [0.05, 0.1) is 18.8 Å². The summed E-state index contributed by atoms with van der Waals surface area (Å²) in [6, 6.07) is 23.7. The van der Waals surface area contributed by atoms with Crippen LogP contribution in [-0.2, 0) is 11.2 Å². The molecule has 0 aliphatic rings. The van der Waals surface area contributed by atoms with Gasteiger partial charge in [0, 0.05) is 17.7 Å². The molecule has 0 aliphatic carbocycles. The van der Waals surface area contributed by atoms with Gasteiger partial charge in [0.1, 0.15) is 5.75 Å². The zero-order valence-electron chi connectivity index (χ0n) is 18.4. The lowest BCUT2D eigenvalue weighted by atomic mass is 10.2. The Balaban J connectivity index is 1.45. The third-order valence-corrected chi connectivity index (χ3v) is 4.87. The maximum atomic E-state index is 12.5. The van der Waals surface area contributed by atoms with Crippen molar-refractivity contribution in [3.05, 3.63) is 95.6 Å². The molecule has 1 amide bonds. The van der Waals surface area contributed by atoms with Gasteiger partial charge in [-0.25, -0.2) is 4.79 Å². The Bertz CT molecular complexity index is 1070. The minimum absolute atomic E-state index is 0.157. The molecule has 3 rings (SSSR count). The molecule has 0 fully saturated rings. The van der Waals surface area contributed by atoms with E-state index < -0.39 is 0 Å².